The first-order valence-corrected chi connectivity index (χ1v) is 18.3. The van der Waals surface area contributed by atoms with Crippen molar-refractivity contribution in [3.05, 3.63) is 114 Å². The van der Waals surface area contributed by atoms with Crippen molar-refractivity contribution >= 4 is 32.6 Å². The van der Waals surface area contributed by atoms with Gasteiger partial charge in [-0.25, -0.2) is 24.1 Å². The molecule has 0 bridgehead atoms. The summed E-state index contributed by atoms with van der Waals surface area (Å²) in [6.45, 7) is -0.972. The van der Waals surface area contributed by atoms with Crippen molar-refractivity contribution < 1.29 is 51.2 Å². The molecule has 1 aliphatic rings. The number of phosphoric acid groups is 2. The van der Waals surface area contributed by atoms with Crippen molar-refractivity contribution in [1.29, 1.82) is 0 Å². The summed E-state index contributed by atoms with van der Waals surface area (Å²) in [6.07, 6.45) is -2.21. The Hall–Kier alpha value is -4.05. The largest absolute Gasteiger partial charge is 0.497 e. The summed E-state index contributed by atoms with van der Waals surface area (Å²) in [5, 5.41) is 0. The van der Waals surface area contributed by atoms with E-state index < -0.39 is 46.8 Å². The maximum absolute atomic E-state index is 14.6. The van der Waals surface area contributed by atoms with Gasteiger partial charge in [-0.3, -0.25) is 22.7 Å². The highest BCUT2D eigenvalue weighted by Gasteiger charge is 2.52. The summed E-state index contributed by atoms with van der Waals surface area (Å²) in [5.41, 5.74) is 8.72. The van der Waals surface area contributed by atoms with Gasteiger partial charge >= 0.3 is 15.6 Å². The van der Waals surface area contributed by atoms with Crippen molar-refractivity contribution in [2.24, 2.45) is 0 Å². The predicted octanol–water partition coefficient (Wildman–Crippen LogP) is 4.94. The molecule has 0 aliphatic carbocycles. The van der Waals surface area contributed by atoms with E-state index in [-0.39, 0.29) is 36.8 Å². The molecule has 3 heterocycles. The quantitative estimate of drug-likeness (QED) is 0.115. The first kappa shape index (κ1) is 35.8. The van der Waals surface area contributed by atoms with Crippen molar-refractivity contribution in [1.82, 2.24) is 19.5 Å². The summed E-state index contributed by atoms with van der Waals surface area (Å²) < 4.78 is 68.8. The molecule has 0 saturated carbocycles. The maximum Gasteiger partial charge on any atom is 0.475 e. The second-order valence-electron chi connectivity index (χ2n) is 11.1. The van der Waals surface area contributed by atoms with Crippen LogP contribution in [0.25, 0.3) is 11.2 Å². The van der Waals surface area contributed by atoms with Gasteiger partial charge in [0.15, 0.2) is 17.7 Å². The fourth-order valence-corrected chi connectivity index (χ4v) is 6.92. The number of methoxy groups -OCH3 is 1. The molecular weight excluding hydrogens is 692 g/mol. The Bertz CT molecular complexity index is 1900. The molecule has 6 rings (SSSR count). The number of rotatable bonds is 16. The number of nitrogens with zero attached hydrogens (tertiary/aromatic N) is 4. The average molecular weight is 728 g/mol. The Balaban J connectivity index is 1.37. The van der Waals surface area contributed by atoms with Gasteiger partial charge in [0.1, 0.15) is 35.9 Å². The van der Waals surface area contributed by atoms with Crippen molar-refractivity contribution in [2.45, 2.75) is 44.4 Å². The molecule has 18 heteroatoms. The Morgan fingerprint density at radius 2 is 1.42 bits per heavy atom. The molecule has 2 aromatic heterocycles. The Kier molecular flexibility index (Phi) is 11.4. The van der Waals surface area contributed by atoms with Crippen LogP contribution in [0.4, 0.5) is 5.82 Å². The molecule has 0 unspecified atom stereocenters. The maximum atomic E-state index is 14.6. The van der Waals surface area contributed by atoms with Crippen LogP contribution in [0.5, 0.6) is 5.75 Å². The number of aromatic nitrogens is 4. The van der Waals surface area contributed by atoms with E-state index in [2.05, 4.69) is 15.0 Å². The third-order valence-electron chi connectivity index (χ3n) is 7.67. The zero-order valence-corrected chi connectivity index (χ0v) is 28.5. The van der Waals surface area contributed by atoms with E-state index in [1.54, 1.807) is 79.9 Å². The van der Waals surface area contributed by atoms with Crippen LogP contribution in [0.15, 0.2) is 97.6 Å². The van der Waals surface area contributed by atoms with Crippen LogP contribution in [0.2, 0.25) is 0 Å². The van der Waals surface area contributed by atoms with Crippen LogP contribution < -0.4 is 10.5 Å². The number of hydrogen-bond acceptors (Lipinski definition) is 13. The smallest absolute Gasteiger partial charge is 0.475 e. The third kappa shape index (κ3) is 8.99. The molecular formula is C32H35N5O11P2. The van der Waals surface area contributed by atoms with E-state index in [9.17, 15) is 18.9 Å². The van der Waals surface area contributed by atoms with Gasteiger partial charge in [0.05, 0.1) is 39.9 Å². The standard InChI is InChI=1S/C32H35N5O11P2/c1-42-25-14-12-24(13-15-25)16-43-29-28(48-50(41,45-17-22-8-4-2-5-9-22)46-18-23-10-6-3-7-11-23)26(19-44-49(38,39)40)47-32(29)37-21-36-27-30(33)34-20-35-31(27)37/h2-15,20-21,26,28-29,32H,16-19H2,1H3,(H2,33,34,35)(H2,38,39,40)/t26-,28-,29-,32-/m1/s1. The minimum Gasteiger partial charge on any atom is -0.497 e. The summed E-state index contributed by atoms with van der Waals surface area (Å²) >= 11 is 0. The summed E-state index contributed by atoms with van der Waals surface area (Å²) in [4.78, 5) is 31.8. The first-order chi connectivity index (χ1) is 24.1. The molecule has 16 nitrogen and oxygen atoms in total. The highest BCUT2D eigenvalue weighted by atomic mass is 31.2. The SMILES string of the molecule is COc1ccc(CO[C@@H]2[C@H](OP(=O)(OCc3ccccc3)OCc3ccccc3)[C@@H](COP(=O)(O)O)O[C@H]2n2cnc3c(N)ncnc32)cc1. The van der Waals surface area contributed by atoms with Gasteiger partial charge in [-0.15, -0.1) is 0 Å². The van der Waals surface area contributed by atoms with Gasteiger partial charge in [0.25, 0.3) is 0 Å². The monoisotopic (exact) mass is 727 g/mol. The zero-order valence-electron chi connectivity index (χ0n) is 26.7. The number of phosphoric ester groups is 2. The Morgan fingerprint density at radius 1 is 0.800 bits per heavy atom. The van der Waals surface area contributed by atoms with E-state index in [0.717, 1.165) is 5.56 Å². The average Bonchev–Trinajstić information content (AvgIpc) is 3.70. The van der Waals surface area contributed by atoms with Gasteiger partial charge in [-0.05, 0) is 28.8 Å². The third-order valence-corrected chi connectivity index (χ3v) is 9.55. The van der Waals surface area contributed by atoms with Crippen LogP contribution in [0, 0.1) is 0 Å². The van der Waals surface area contributed by atoms with E-state index in [1.807, 2.05) is 12.1 Å². The van der Waals surface area contributed by atoms with E-state index >= 15 is 0 Å². The van der Waals surface area contributed by atoms with Gasteiger partial charge in [0.2, 0.25) is 0 Å². The summed E-state index contributed by atoms with van der Waals surface area (Å²) in [6, 6.07) is 25.1. The molecule has 4 atom stereocenters. The Labute approximate surface area is 286 Å². The molecule has 3 aromatic carbocycles. The van der Waals surface area contributed by atoms with E-state index in [1.165, 1.54) is 17.2 Å². The molecule has 0 spiro atoms. The number of benzene rings is 3. The first-order valence-electron chi connectivity index (χ1n) is 15.3. The molecule has 4 N–H and O–H groups in total. The normalized spacial score (nSPS) is 19.6. The molecule has 5 aromatic rings. The number of fused-ring (bicyclic) bond motifs is 1. The van der Waals surface area contributed by atoms with Crippen molar-refractivity contribution in [2.75, 3.05) is 19.5 Å². The van der Waals surface area contributed by atoms with Crippen LogP contribution in [0.1, 0.15) is 22.9 Å². The number of ether oxygens (including phenoxy) is 3. The van der Waals surface area contributed by atoms with Crippen LogP contribution in [-0.2, 0) is 56.5 Å². The molecule has 1 aliphatic heterocycles. The predicted molar refractivity (Wildman–Crippen MR) is 178 cm³/mol. The van der Waals surface area contributed by atoms with Crippen molar-refractivity contribution in [3.8, 4) is 5.75 Å². The van der Waals surface area contributed by atoms with Crippen molar-refractivity contribution in [3.63, 3.8) is 0 Å². The second kappa shape index (κ2) is 15.9. The minimum atomic E-state index is -4.99. The summed E-state index contributed by atoms with van der Waals surface area (Å²) in [7, 11) is -7.94. The lowest BCUT2D eigenvalue weighted by atomic mass is 10.1. The topological polar surface area (TPSA) is 209 Å². The van der Waals surface area contributed by atoms with Gasteiger partial charge in [-0.2, -0.15) is 0 Å². The van der Waals surface area contributed by atoms with Crippen LogP contribution in [0.3, 0.4) is 0 Å². The molecule has 1 fully saturated rings. The lowest BCUT2D eigenvalue weighted by molar-refractivity contribution is -0.0763. The fraction of sp³-hybridized carbons (Fsp3) is 0.281. The molecule has 0 amide bonds. The van der Waals surface area contributed by atoms with E-state index in [4.69, 9.17) is 38.0 Å². The molecule has 50 heavy (non-hydrogen) atoms. The molecule has 0 radical (unpaired) electrons. The fourth-order valence-electron chi connectivity index (χ4n) is 5.21. The number of nitrogens with two attached hydrogens (primary N) is 1. The lowest BCUT2D eigenvalue weighted by Crippen LogP contribution is -2.38. The number of nitrogen functional groups attached to an aromatic ring is 1. The number of imidazole rings is 1. The minimum absolute atomic E-state index is 0.00422. The lowest BCUT2D eigenvalue weighted by Gasteiger charge is -2.28. The Morgan fingerprint density at radius 3 is 2.02 bits per heavy atom. The highest BCUT2D eigenvalue weighted by molar-refractivity contribution is 7.48. The highest BCUT2D eigenvalue weighted by Crippen LogP contribution is 2.55. The zero-order chi connectivity index (χ0) is 35.1. The van der Waals surface area contributed by atoms with Gasteiger partial charge in [-0.1, -0.05) is 72.8 Å². The van der Waals surface area contributed by atoms with E-state index in [0.29, 0.717) is 16.9 Å². The molecule has 264 valence electrons. The van der Waals surface area contributed by atoms with Crippen LogP contribution >= 0.6 is 15.6 Å². The number of hydrogen-bond donors (Lipinski definition) is 3. The number of anilines is 1. The second-order valence-corrected chi connectivity index (χ2v) is 14.0. The molecule has 1 saturated heterocycles. The summed E-state index contributed by atoms with van der Waals surface area (Å²) in [5.74, 6) is 0.755. The van der Waals surface area contributed by atoms with Gasteiger partial charge < -0.3 is 29.7 Å². The van der Waals surface area contributed by atoms with Gasteiger partial charge in [0, 0.05) is 0 Å². The van der Waals surface area contributed by atoms with Crippen LogP contribution in [-0.4, -0.2) is 61.3 Å².